The molecule has 0 aromatic heterocycles. The number of ether oxygens (including phenoxy) is 1. The molecule has 0 radical (unpaired) electrons. The lowest BCUT2D eigenvalue weighted by molar-refractivity contribution is -0.00236. The molecule has 0 aromatic rings. The fourth-order valence-corrected chi connectivity index (χ4v) is 0.742. The Morgan fingerprint density at radius 3 is 1.29 bits per heavy atom. The molecule has 21 heavy (non-hydrogen) atoms. The van der Waals surface area contributed by atoms with E-state index in [-0.39, 0.29) is 5.60 Å². The highest BCUT2D eigenvalue weighted by Crippen LogP contribution is 2.05. The first-order valence-electron chi connectivity index (χ1n) is 9.14. The van der Waals surface area contributed by atoms with Gasteiger partial charge in [-0.05, 0) is 40.5 Å². The standard InChI is InChI=1S/C7H16O.C6H12.C3H8.2C2H6/c1-5-6-8-7(2,3)4;1-3-5-6-4-2;1-3-2;2*1-2/h5-6H2,1-4H3;3,5H,4,6H2,1-2H3;3H2,1-2H3;2*1-2H3/b;5-3-;;;. The molecule has 0 fully saturated rings. The van der Waals surface area contributed by atoms with E-state index in [0.29, 0.717) is 0 Å². The van der Waals surface area contributed by atoms with Crippen LogP contribution in [0.5, 0.6) is 0 Å². The van der Waals surface area contributed by atoms with Crippen molar-refractivity contribution in [2.24, 2.45) is 0 Å². The lowest BCUT2D eigenvalue weighted by Crippen LogP contribution is -2.19. The molecule has 0 spiro atoms. The zero-order chi connectivity index (χ0) is 18.2. The quantitative estimate of drug-likeness (QED) is 0.477. The van der Waals surface area contributed by atoms with Crippen molar-refractivity contribution >= 4 is 0 Å². The number of hydrogen-bond acceptors (Lipinski definition) is 1. The van der Waals surface area contributed by atoms with E-state index in [0.717, 1.165) is 13.0 Å². The molecule has 0 bridgehead atoms. The third-order valence-corrected chi connectivity index (χ3v) is 1.43. The highest BCUT2D eigenvalue weighted by atomic mass is 16.5. The molecule has 134 valence electrons. The summed E-state index contributed by atoms with van der Waals surface area (Å²) in [7, 11) is 0. The summed E-state index contributed by atoms with van der Waals surface area (Å²) in [6.45, 7) is 25.7. The van der Waals surface area contributed by atoms with Gasteiger partial charge in [-0.3, -0.25) is 0 Å². The minimum absolute atomic E-state index is 0.0516. The van der Waals surface area contributed by atoms with Crippen LogP contribution in [0.2, 0.25) is 0 Å². The van der Waals surface area contributed by atoms with Crippen LogP contribution in [-0.2, 0) is 4.74 Å². The van der Waals surface area contributed by atoms with Crippen LogP contribution in [0.15, 0.2) is 12.2 Å². The largest absolute Gasteiger partial charge is 0.376 e. The maximum Gasteiger partial charge on any atom is 0.0598 e. The van der Waals surface area contributed by atoms with Gasteiger partial charge in [-0.15, -0.1) is 0 Å². The SMILES string of the molecule is C/C=C\CCC.CC.CC.CCC.CCCOC(C)(C)C. The van der Waals surface area contributed by atoms with Gasteiger partial charge in [-0.1, -0.05) is 80.4 Å². The highest BCUT2D eigenvalue weighted by molar-refractivity contribution is 4.75. The molecular weight excluding hydrogens is 256 g/mol. The molecule has 0 aliphatic carbocycles. The zero-order valence-corrected chi connectivity index (χ0v) is 17.6. The third kappa shape index (κ3) is 104. The molecule has 0 rings (SSSR count). The van der Waals surface area contributed by atoms with E-state index in [2.05, 4.69) is 67.5 Å². The van der Waals surface area contributed by atoms with E-state index in [4.69, 9.17) is 4.74 Å². The van der Waals surface area contributed by atoms with Crippen LogP contribution in [0.3, 0.4) is 0 Å². The molecule has 0 heterocycles. The molecule has 0 unspecified atom stereocenters. The van der Waals surface area contributed by atoms with Crippen molar-refractivity contribution in [1.82, 2.24) is 0 Å². The van der Waals surface area contributed by atoms with Gasteiger partial charge in [0, 0.05) is 6.61 Å². The normalized spacial score (nSPS) is 8.95. The Kier molecular flexibility index (Phi) is 57.0. The number of allylic oxidation sites excluding steroid dienone is 2. The minimum Gasteiger partial charge on any atom is -0.376 e. The Bertz CT molecular complexity index is 131. The van der Waals surface area contributed by atoms with E-state index in [1.165, 1.54) is 19.3 Å². The Hall–Kier alpha value is -0.300. The summed E-state index contributed by atoms with van der Waals surface area (Å²) in [5.74, 6) is 0. The molecular formula is C20H48O. The molecule has 1 heteroatoms. The lowest BCUT2D eigenvalue weighted by atomic mass is 10.2. The fourth-order valence-electron chi connectivity index (χ4n) is 0.742. The zero-order valence-electron chi connectivity index (χ0n) is 17.6. The Morgan fingerprint density at radius 1 is 0.810 bits per heavy atom. The van der Waals surface area contributed by atoms with Crippen molar-refractivity contribution in [3.05, 3.63) is 12.2 Å². The van der Waals surface area contributed by atoms with Crippen molar-refractivity contribution in [2.75, 3.05) is 6.61 Å². The molecule has 0 amide bonds. The van der Waals surface area contributed by atoms with Crippen molar-refractivity contribution in [3.63, 3.8) is 0 Å². The molecule has 0 atom stereocenters. The van der Waals surface area contributed by atoms with Gasteiger partial charge in [0.05, 0.1) is 5.60 Å². The predicted molar refractivity (Wildman–Crippen MR) is 104 cm³/mol. The number of rotatable bonds is 4. The summed E-state index contributed by atoms with van der Waals surface area (Å²) in [6.07, 6.45) is 9.13. The Morgan fingerprint density at radius 2 is 1.19 bits per heavy atom. The van der Waals surface area contributed by atoms with Crippen molar-refractivity contribution in [1.29, 1.82) is 0 Å². The van der Waals surface area contributed by atoms with Crippen LogP contribution in [0.25, 0.3) is 0 Å². The highest BCUT2D eigenvalue weighted by Gasteiger charge is 2.07. The van der Waals surface area contributed by atoms with Gasteiger partial charge in [0.2, 0.25) is 0 Å². The van der Waals surface area contributed by atoms with Gasteiger partial charge in [0.15, 0.2) is 0 Å². The first-order valence-corrected chi connectivity index (χ1v) is 9.14. The first kappa shape index (κ1) is 32.6. The van der Waals surface area contributed by atoms with E-state index in [1.807, 2.05) is 27.7 Å². The summed E-state index contributed by atoms with van der Waals surface area (Å²) in [5, 5.41) is 0. The van der Waals surface area contributed by atoms with Crippen molar-refractivity contribution < 1.29 is 4.74 Å². The molecule has 0 aromatic carbocycles. The monoisotopic (exact) mass is 304 g/mol. The van der Waals surface area contributed by atoms with Crippen molar-refractivity contribution in [3.8, 4) is 0 Å². The maximum absolute atomic E-state index is 5.38. The molecule has 0 N–H and O–H groups in total. The van der Waals surface area contributed by atoms with Crippen LogP contribution in [0.1, 0.15) is 109 Å². The van der Waals surface area contributed by atoms with E-state index in [1.54, 1.807) is 0 Å². The smallest absolute Gasteiger partial charge is 0.0598 e. The van der Waals surface area contributed by atoms with Gasteiger partial charge in [-0.25, -0.2) is 0 Å². The Balaban J connectivity index is -0.0000000580. The van der Waals surface area contributed by atoms with Crippen molar-refractivity contribution in [2.45, 2.75) is 114 Å². The topological polar surface area (TPSA) is 9.23 Å². The first-order chi connectivity index (χ1) is 9.89. The van der Waals surface area contributed by atoms with Crippen LogP contribution >= 0.6 is 0 Å². The summed E-state index contributed by atoms with van der Waals surface area (Å²) < 4.78 is 5.38. The van der Waals surface area contributed by atoms with Crippen LogP contribution in [0, 0.1) is 0 Å². The number of unbranched alkanes of at least 4 members (excludes halogenated alkanes) is 1. The van der Waals surface area contributed by atoms with Gasteiger partial charge in [-0.2, -0.15) is 0 Å². The van der Waals surface area contributed by atoms with Gasteiger partial charge < -0.3 is 4.74 Å². The van der Waals surface area contributed by atoms with Crippen LogP contribution in [0.4, 0.5) is 0 Å². The predicted octanol–water partition coefficient (Wildman–Crippen LogP) is 8.04. The van der Waals surface area contributed by atoms with Crippen LogP contribution in [-0.4, -0.2) is 12.2 Å². The Labute approximate surface area is 138 Å². The van der Waals surface area contributed by atoms with Gasteiger partial charge in [0.1, 0.15) is 0 Å². The van der Waals surface area contributed by atoms with Crippen LogP contribution < -0.4 is 0 Å². The summed E-state index contributed by atoms with van der Waals surface area (Å²) in [4.78, 5) is 0. The second-order valence-corrected chi connectivity index (χ2v) is 5.03. The molecule has 0 saturated carbocycles. The summed E-state index contributed by atoms with van der Waals surface area (Å²) in [6, 6.07) is 0. The third-order valence-electron chi connectivity index (χ3n) is 1.43. The molecule has 0 aliphatic rings. The minimum atomic E-state index is 0.0516. The average molecular weight is 305 g/mol. The maximum atomic E-state index is 5.38. The van der Waals surface area contributed by atoms with E-state index < -0.39 is 0 Å². The van der Waals surface area contributed by atoms with Gasteiger partial charge >= 0.3 is 0 Å². The average Bonchev–Trinajstić information content (AvgIpc) is 2.48. The molecule has 0 aliphatic heterocycles. The second-order valence-electron chi connectivity index (χ2n) is 5.03. The van der Waals surface area contributed by atoms with E-state index in [9.17, 15) is 0 Å². The summed E-state index contributed by atoms with van der Waals surface area (Å²) >= 11 is 0. The second kappa shape index (κ2) is 36.7. The summed E-state index contributed by atoms with van der Waals surface area (Å²) in [5.41, 5.74) is 0.0516. The molecule has 1 nitrogen and oxygen atoms in total. The lowest BCUT2D eigenvalue weighted by Gasteiger charge is -2.18. The number of hydrogen-bond donors (Lipinski definition) is 0. The van der Waals surface area contributed by atoms with Gasteiger partial charge in [0.25, 0.3) is 0 Å². The molecule has 0 saturated heterocycles. The fraction of sp³-hybridized carbons (Fsp3) is 0.900. The van der Waals surface area contributed by atoms with E-state index >= 15 is 0 Å².